The van der Waals surface area contributed by atoms with Gasteiger partial charge in [0.1, 0.15) is 19.0 Å². The van der Waals surface area contributed by atoms with E-state index >= 15 is 0 Å². The predicted molar refractivity (Wildman–Crippen MR) is 92.5 cm³/mol. The molecule has 0 spiro atoms. The molecule has 1 aromatic carbocycles. The van der Waals surface area contributed by atoms with E-state index in [0.29, 0.717) is 23.7 Å². The van der Waals surface area contributed by atoms with Crippen molar-refractivity contribution in [2.45, 2.75) is 31.2 Å². The van der Waals surface area contributed by atoms with Gasteiger partial charge in [0.05, 0.1) is 13.2 Å². The molecule has 0 amide bonds. The molecule has 0 N–H and O–H groups in total. The summed E-state index contributed by atoms with van der Waals surface area (Å²) in [5.74, 6) is 1.21. The first-order valence-electron chi connectivity index (χ1n) is 8.55. The van der Waals surface area contributed by atoms with E-state index in [1.165, 1.54) is 7.11 Å². The highest BCUT2D eigenvalue weighted by molar-refractivity contribution is 5.71. The van der Waals surface area contributed by atoms with Crippen molar-refractivity contribution in [3.8, 4) is 17.2 Å². The van der Waals surface area contributed by atoms with Crippen molar-refractivity contribution in [2.75, 3.05) is 27.6 Å². The molecule has 26 heavy (non-hydrogen) atoms. The minimum Gasteiger partial charge on any atom is -0.482 e. The summed E-state index contributed by atoms with van der Waals surface area (Å²) in [7, 11) is 2.91. The van der Waals surface area contributed by atoms with Gasteiger partial charge in [-0.3, -0.25) is 0 Å². The van der Waals surface area contributed by atoms with Gasteiger partial charge in [0.2, 0.25) is 5.75 Å². The summed E-state index contributed by atoms with van der Waals surface area (Å²) >= 11 is 0. The molecule has 7 heteroatoms. The van der Waals surface area contributed by atoms with Gasteiger partial charge in [-0.1, -0.05) is 12.1 Å². The molecule has 0 unspecified atom stereocenters. The monoisotopic (exact) mass is 364 g/mol. The van der Waals surface area contributed by atoms with E-state index in [1.807, 2.05) is 12.1 Å². The summed E-state index contributed by atoms with van der Waals surface area (Å²) in [6.07, 6.45) is 2.95. The Balaban J connectivity index is 1.77. The lowest BCUT2D eigenvalue weighted by atomic mass is 9.98. The molecular weight excluding hydrogens is 340 g/mol. The largest absolute Gasteiger partial charge is 0.482 e. The Hall–Kier alpha value is -2.25. The summed E-state index contributed by atoms with van der Waals surface area (Å²) in [6, 6.07) is 5.36. The van der Waals surface area contributed by atoms with E-state index in [0.717, 1.165) is 6.42 Å². The van der Waals surface area contributed by atoms with Gasteiger partial charge in [-0.2, -0.15) is 0 Å². The van der Waals surface area contributed by atoms with Crippen LogP contribution in [0.25, 0.3) is 0 Å². The molecule has 0 bridgehead atoms. The third kappa shape index (κ3) is 3.78. The zero-order valence-electron chi connectivity index (χ0n) is 15.0. The Kier molecular flexibility index (Phi) is 6.00. The van der Waals surface area contributed by atoms with Crippen molar-refractivity contribution < 1.29 is 33.2 Å². The van der Waals surface area contributed by atoms with Gasteiger partial charge >= 0.3 is 5.97 Å². The number of fused-ring (bicyclic) bond motifs is 2. The van der Waals surface area contributed by atoms with E-state index in [9.17, 15) is 4.79 Å². The van der Waals surface area contributed by atoms with Crippen LogP contribution < -0.4 is 14.2 Å². The number of benzene rings is 1. The Labute approximate surface area is 152 Å². The first-order valence-corrected chi connectivity index (χ1v) is 8.55. The predicted octanol–water partition coefficient (Wildman–Crippen LogP) is 2.33. The quantitative estimate of drug-likeness (QED) is 0.398. The average molecular weight is 364 g/mol. The van der Waals surface area contributed by atoms with Gasteiger partial charge in [0.15, 0.2) is 18.1 Å². The van der Waals surface area contributed by atoms with Crippen molar-refractivity contribution in [3.05, 3.63) is 30.9 Å². The molecule has 1 aromatic rings. The minimum absolute atomic E-state index is 0.0447. The number of hydrogen-bond donors (Lipinski definition) is 0. The number of carbonyl (C=O) groups is 1. The molecule has 4 atom stereocenters. The topological polar surface area (TPSA) is 72.5 Å². The Morgan fingerprint density at radius 3 is 2.92 bits per heavy atom. The summed E-state index contributed by atoms with van der Waals surface area (Å²) in [4.78, 5) is 11.3. The zero-order valence-corrected chi connectivity index (χ0v) is 15.0. The smallest absolute Gasteiger partial charge is 0.343 e. The minimum atomic E-state index is -0.461. The second kappa shape index (κ2) is 8.42. The molecule has 1 aliphatic carbocycles. The lowest BCUT2D eigenvalue weighted by Crippen LogP contribution is -2.39. The average Bonchev–Trinajstić information content (AvgIpc) is 2.99. The second-order valence-corrected chi connectivity index (χ2v) is 6.22. The molecule has 3 rings (SSSR count). The van der Waals surface area contributed by atoms with Gasteiger partial charge in [0, 0.05) is 19.4 Å². The van der Waals surface area contributed by atoms with Crippen LogP contribution in [0.1, 0.15) is 12.8 Å². The van der Waals surface area contributed by atoms with E-state index in [1.54, 1.807) is 19.2 Å². The molecule has 2 aliphatic rings. The third-order valence-electron chi connectivity index (χ3n) is 4.62. The molecule has 0 radical (unpaired) electrons. The Bertz CT molecular complexity index is 645. The number of esters is 1. The fraction of sp³-hybridized carbons (Fsp3) is 0.526. The van der Waals surface area contributed by atoms with Crippen LogP contribution in [0.15, 0.2) is 30.9 Å². The zero-order chi connectivity index (χ0) is 18.5. The van der Waals surface area contributed by atoms with Crippen LogP contribution in [0, 0.1) is 5.92 Å². The van der Waals surface area contributed by atoms with Crippen molar-refractivity contribution in [3.63, 3.8) is 0 Å². The molecule has 1 saturated carbocycles. The van der Waals surface area contributed by atoms with Gasteiger partial charge in [-0.25, -0.2) is 4.79 Å². The fourth-order valence-corrected chi connectivity index (χ4v) is 3.44. The van der Waals surface area contributed by atoms with E-state index in [2.05, 4.69) is 11.3 Å². The number of ether oxygens (including phenoxy) is 6. The van der Waals surface area contributed by atoms with Crippen LogP contribution in [-0.2, 0) is 19.0 Å². The molecule has 1 aliphatic heterocycles. The highest BCUT2D eigenvalue weighted by Crippen LogP contribution is 2.47. The van der Waals surface area contributed by atoms with Crippen molar-refractivity contribution >= 4 is 5.97 Å². The van der Waals surface area contributed by atoms with Crippen molar-refractivity contribution in [1.82, 2.24) is 0 Å². The lowest BCUT2D eigenvalue weighted by Gasteiger charge is -2.33. The Morgan fingerprint density at radius 1 is 1.35 bits per heavy atom. The second-order valence-electron chi connectivity index (χ2n) is 6.22. The fourth-order valence-electron chi connectivity index (χ4n) is 3.44. The molecule has 142 valence electrons. The highest BCUT2D eigenvalue weighted by atomic mass is 16.7. The molecule has 0 saturated heterocycles. The molecule has 1 heterocycles. The normalized spacial score (nSPS) is 26.1. The van der Waals surface area contributed by atoms with Crippen LogP contribution in [0.4, 0.5) is 0 Å². The number of allylic oxidation sites excluding steroid dienone is 1. The SMILES string of the molecule is C=CC[C@H]1[C@@H]2Oc3cccc(OCC(=O)OC)c3O[C@@H]2C[C@@H]1OCOC. The van der Waals surface area contributed by atoms with Crippen molar-refractivity contribution in [2.24, 2.45) is 5.92 Å². The number of hydrogen-bond acceptors (Lipinski definition) is 7. The van der Waals surface area contributed by atoms with Gasteiger partial charge < -0.3 is 28.4 Å². The van der Waals surface area contributed by atoms with Crippen molar-refractivity contribution in [1.29, 1.82) is 0 Å². The van der Waals surface area contributed by atoms with E-state index in [4.69, 9.17) is 23.7 Å². The Morgan fingerprint density at radius 2 is 2.19 bits per heavy atom. The standard InChI is InChI=1S/C19H24O7/c1-4-6-12-15(24-11-21-2)9-16-18(12)25-14-8-5-7-13(19(14)26-16)23-10-17(20)22-3/h4-5,7-8,12,15-16,18H,1,6,9-11H2,2-3H3/t12-,15+,16-,18+/m1/s1. The molecular formula is C19H24O7. The maximum atomic E-state index is 11.3. The number of rotatable bonds is 8. The van der Waals surface area contributed by atoms with Crippen LogP contribution in [0.5, 0.6) is 17.2 Å². The maximum Gasteiger partial charge on any atom is 0.343 e. The summed E-state index contributed by atoms with van der Waals surface area (Å²) in [6.45, 7) is 3.87. The van der Waals surface area contributed by atoms with E-state index < -0.39 is 5.97 Å². The van der Waals surface area contributed by atoms with Crippen LogP contribution >= 0.6 is 0 Å². The number of para-hydroxylation sites is 1. The molecule has 1 fully saturated rings. The van der Waals surface area contributed by atoms with Gasteiger partial charge in [-0.05, 0) is 18.6 Å². The highest BCUT2D eigenvalue weighted by Gasteiger charge is 2.49. The summed E-state index contributed by atoms with van der Waals surface area (Å²) in [5.41, 5.74) is 0. The van der Waals surface area contributed by atoms with Crippen LogP contribution in [-0.4, -0.2) is 51.9 Å². The number of carbonyl (C=O) groups excluding carboxylic acids is 1. The maximum absolute atomic E-state index is 11.3. The van der Waals surface area contributed by atoms with Crippen LogP contribution in [0.2, 0.25) is 0 Å². The van der Waals surface area contributed by atoms with Gasteiger partial charge in [-0.15, -0.1) is 6.58 Å². The summed E-state index contributed by atoms with van der Waals surface area (Å²) in [5, 5.41) is 0. The van der Waals surface area contributed by atoms with E-state index in [-0.39, 0.29) is 37.6 Å². The molecule has 7 nitrogen and oxygen atoms in total. The van der Waals surface area contributed by atoms with Gasteiger partial charge in [0.25, 0.3) is 0 Å². The summed E-state index contributed by atoms with van der Waals surface area (Å²) < 4.78 is 33.4. The first-order chi connectivity index (χ1) is 12.7. The lowest BCUT2D eigenvalue weighted by molar-refractivity contribution is -0.143. The van der Waals surface area contributed by atoms with Crippen LogP contribution in [0.3, 0.4) is 0 Å². The molecule has 0 aromatic heterocycles. The first kappa shape index (κ1) is 18.5. The third-order valence-corrected chi connectivity index (χ3v) is 4.62. The number of methoxy groups -OCH3 is 2.